The zero-order chi connectivity index (χ0) is 10.3. The quantitative estimate of drug-likeness (QED) is 0.683. The van der Waals surface area contributed by atoms with Gasteiger partial charge in [-0.15, -0.1) is 0 Å². The van der Waals surface area contributed by atoms with Gasteiger partial charge in [-0.25, -0.2) is 0 Å². The molecule has 1 N–H and O–H groups in total. The Morgan fingerprint density at radius 3 is 2.08 bits per heavy atom. The van der Waals surface area contributed by atoms with Gasteiger partial charge in [-0.1, -0.05) is 20.3 Å². The van der Waals surface area contributed by atoms with Gasteiger partial charge in [-0.2, -0.15) is 13.2 Å². The molecule has 1 aliphatic carbocycles. The van der Waals surface area contributed by atoms with Crippen LogP contribution in [-0.2, 0) is 0 Å². The van der Waals surface area contributed by atoms with Crippen molar-refractivity contribution < 1.29 is 18.3 Å². The number of rotatable bonds is 1. The maximum atomic E-state index is 12.4. The number of hydrogen-bond acceptors (Lipinski definition) is 1. The smallest absolute Gasteiger partial charge is 0.380 e. The van der Waals surface area contributed by atoms with Crippen molar-refractivity contribution in [1.29, 1.82) is 0 Å². The molecule has 1 nitrogen and oxygen atoms in total. The third-order valence-corrected chi connectivity index (χ3v) is 3.24. The van der Waals surface area contributed by atoms with Crippen molar-refractivity contribution in [2.75, 3.05) is 0 Å². The summed E-state index contributed by atoms with van der Waals surface area (Å²) in [5.74, 6) is 0. The highest BCUT2D eigenvalue weighted by Gasteiger charge is 2.59. The predicted octanol–water partition coefficient (Wildman–Crippen LogP) is 2.88. The van der Waals surface area contributed by atoms with E-state index in [1.807, 2.05) is 6.92 Å². The van der Waals surface area contributed by atoms with Crippen LogP contribution < -0.4 is 0 Å². The first-order valence-electron chi connectivity index (χ1n) is 4.52. The number of aliphatic hydroxyl groups is 1. The van der Waals surface area contributed by atoms with Gasteiger partial charge in [-0.05, 0) is 24.7 Å². The van der Waals surface area contributed by atoms with E-state index in [0.29, 0.717) is 12.8 Å². The van der Waals surface area contributed by atoms with E-state index < -0.39 is 11.8 Å². The van der Waals surface area contributed by atoms with Gasteiger partial charge in [-0.3, -0.25) is 0 Å². The van der Waals surface area contributed by atoms with E-state index in [4.69, 9.17) is 0 Å². The summed E-state index contributed by atoms with van der Waals surface area (Å²) in [6, 6.07) is 0. The Balaban J connectivity index is 2.78. The lowest BCUT2D eigenvalue weighted by Gasteiger charge is -2.28. The van der Waals surface area contributed by atoms with Gasteiger partial charge in [0.05, 0.1) is 0 Å². The lowest BCUT2D eigenvalue weighted by Crippen LogP contribution is -2.43. The minimum Gasteiger partial charge on any atom is -0.380 e. The molecule has 2 unspecified atom stereocenters. The molecule has 0 heterocycles. The molecule has 78 valence electrons. The Labute approximate surface area is 75.9 Å². The van der Waals surface area contributed by atoms with E-state index in [-0.39, 0.29) is 18.3 Å². The molecule has 0 bridgehead atoms. The summed E-state index contributed by atoms with van der Waals surface area (Å²) < 4.78 is 37.1. The Bertz CT molecular complexity index is 202. The number of hydrogen-bond donors (Lipinski definition) is 1. The third-order valence-electron chi connectivity index (χ3n) is 3.24. The van der Waals surface area contributed by atoms with Crippen LogP contribution >= 0.6 is 0 Å². The lowest BCUT2D eigenvalue weighted by atomic mass is 9.84. The first-order valence-corrected chi connectivity index (χ1v) is 4.52. The van der Waals surface area contributed by atoms with E-state index in [1.165, 1.54) is 0 Å². The molecular weight excluding hydrogens is 181 g/mol. The molecule has 0 aliphatic heterocycles. The van der Waals surface area contributed by atoms with Crippen LogP contribution in [0, 0.1) is 5.41 Å². The molecule has 1 fully saturated rings. The highest BCUT2D eigenvalue weighted by molar-refractivity contribution is 4.99. The van der Waals surface area contributed by atoms with Crippen molar-refractivity contribution in [3.8, 4) is 0 Å². The van der Waals surface area contributed by atoms with Crippen LogP contribution in [-0.4, -0.2) is 16.9 Å². The zero-order valence-corrected chi connectivity index (χ0v) is 7.91. The maximum Gasteiger partial charge on any atom is 0.417 e. The second-order valence-corrected chi connectivity index (χ2v) is 4.37. The standard InChI is InChI=1S/C9H15F3O/c1-3-7(2)4-5-8(13,6-7)9(10,11)12/h13H,3-6H2,1-2H3. The second-order valence-electron chi connectivity index (χ2n) is 4.37. The van der Waals surface area contributed by atoms with Gasteiger partial charge in [0.15, 0.2) is 5.60 Å². The summed E-state index contributed by atoms with van der Waals surface area (Å²) in [6.07, 6.45) is -3.63. The average molecular weight is 196 g/mol. The van der Waals surface area contributed by atoms with Crippen molar-refractivity contribution in [2.45, 2.75) is 51.3 Å². The molecule has 0 saturated heterocycles. The first-order chi connectivity index (χ1) is 5.72. The second kappa shape index (κ2) is 2.87. The van der Waals surface area contributed by atoms with E-state index >= 15 is 0 Å². The van der Waals surface area contributed by atoms with Crippen LogP contribution in [0.4, 0.5) is 13.2 Å². The fourth-order valence-corrected chi connectivity index (χ4v) is 1.94. The Hall–Kier alpha value is -0.250. The summed E-state index contributed by atoms with van der Waals surface area (Å²) in [4.78, 5) is 0. The van der Waals surface area contributed by atoms with Gasteiger partial charge >= 0.3 is 6.18 Å². The van der Waals surface area contributed by atoms with E-state index in [1.54, 1.807) is 6.92 Å². The highest BCUT2D eigenvalue weighted by Crippen LogP contribution is 2.52. The van der Waals surface area contributed by atoms with Gasteiger partial charge in [0.2, 0.25) is 0 Å². The van der Waals surface area contributed by atoms with Gasteiger partial charge < -0.3 is 5.11 Å². The molecule has 0 aromatic rings. The van der Waals surface area contributed by atoms with Crippen molar-refractivity contribution in [1.82, 2.24) is 0 Å². The molecule has 1 saturated carbocycles. The van der Waals surface area contributed by atoms with Crippen LogP contribution in [0.25, 0.3) is 0 Å². The predicted molar refractivity (Wildman–Crippen MR) is 43.3 cm³/mol. The number of alkyl halides is 3. The molecule has 2 atom stereocenters. The molecule has 4 heteroatoms. The summed E-state index contributed by atoms with van der Waals surface area (Å²) >= 11 is 0. The van der Waals surface area contributed by atoms with Gasteiger partial charge in [0, 0.05) is 0 Å². The average Bonchev–Trinajstić information content (AvgIpc) is 2.29. The van der Waals surface area contributed by atoms with Crippen molar-refractivity contribution >= 4 is 0 Å². The topological polar surface area (TPSA) is 20.2 Å². The summed E-state index contributed by atoms with van der Waals surface area (Å²) in [5, 5.41) is 9.37. The largest absolute Gasteiger partial charge is 0.417 e. The molecule has 1 aliphatic rings. The summed E-state index contributed by atoms with van der Waals surface area (Å²) in [7, 11) is 0. The van der Waals surface area contributed by atoms with Crippen LogP contribution in [0.2, 0.25) is 0 Å². The first kappa shape index (κ1) is 10.8. The molecule has 0 amide bonds. The fourth-order valence-electron chi connectivity index (χ4n) is 1.94. The van der Waals surface area contributed by atoms with Crippen LogP contribution in [0.15, 0.2) is 0 Å². The lowest BCUT2D eigenvalue weighted by molar-refractivity contribution is -0.259. The SMILES string of the molecule is CCC1(C)CCC(O)(C(F)(F)F)C1. The number of halogens is 3. The minimum absolute atomic E-state index is 0.152. The molecule has 1 rings (SSSR count). The van der Waals surface area contributed by atoms with Crippen molar-refractivity contribution in [3.05, 3.63) is 0 Å². The van der Waals surface area contributed by atoms with Crippen LogP contribution in [0.5, 0.6) is 0 Å². The minimum atomic E-state index is -4.47. The molecular formula is C9H15F3O. The monoisotopic (exact) mass is 196 g/mol. The maximum absolute atomic E-state index is 12.4. The van der Waals surface area contributed by atoms with E-state index in [9.17, 15) is 18.3 Å². The van der Waals surface area contributed by atoms with Crippen LogP contribution in [0.1, 0.15) is 39.5 Å². The summed E-state index contributed by atoms with van der Waals surface area (Å²) in [5.41, 5.74) is -2.78. The van der Waals surface area contributed by atoms with E-state index in [0.717, 1.165) is 0 Å². The van der Waals surface area contributed by atoms with E-state index in [2.05, 4.69) is 0 Å². The van der Waals surface area contributed by atoms with Gasteiger partial charge in [0.25, 0.3) is 0 Å². The fraction of sp³-hybridized carbons (Fsp3) is 1.00. The normalized spacial score (nSPS) is 41.1. The summed E-state index contributed by atoms with van der Waals surface area (Å²) in [6.45, 7) is 3.67. The molecule has 0 radical (unpaired) electrons. The molecule has 0 aromatic carbocycles. The third kappa shape index (κ3) is 1.82. The Morgan fingerprint density at radius 1 is 1.31 bits per heavy atom. The Morgan fingerprint density at radius 2 is 1.85 bits per heavy atom. The van der Waals surface area contributed by atoms with Gasteiger partial charge in [0.1, 0.15) is 0 Å². The zero-order valence-electron chi connectivity index (χ0n) is 7.91. The molecule has 0 aromatic heterocycles. The van der Waals surface area contributed by atoms with Crippen LogP contribution in [0.3, 0.4) is 0 Å². The van der Waals surface area contributed by atoms with Crippen molar-refractivity contribution in [2.24, 2.45) is 5.41 Å². The Kier molecular flexibility index (Phi) is 2.39. The van der Waals surface area contributed by atoms with Crippen molar-refractivity contribution in [3.63, 3.8) is 0 Å². The molecule has 13 heavy (non-hydrogen) atoms. The highest BCUT2D eigenvalue weighted by atomic mass is 19.4. The molecule has 0 spiro atoms.